The van der Waals surface area contributed by atoms with Crippen molar-refractivity contribution in [2.24, 2.45) is 5.41 Å². The quantitative estimate of drug-likeness (QED) is 0.891. The topological polar surface area (TPSA) is 54.0 Å². The summed E-state index contributed by atoms with van der Waals surface area (Å²) in [5, 5.41) is 9.24. The summed E-state index contributed by atoms with van der Waals surface area (Å²) in [4.78, 5) is 17.1. The van der Waals surface area contributed by atoms with E-state index in [2.05, 4.69) is 27.9 Å². The number of nitrogens with one attached hydrogen (secondary N) is 2. The fourth-order valence-electron chi connectivity index (χ4n) is 2.76. The van der Waals surface area contributed by atoms with Crippen molar-refractivity contribution >= 4 is 22.4 Å². The third-order valence-corrected chi connectivity index (χ3v) is 5.14. The zero-order chi connectivity index (χ0) is 13.3. The Balaban J connectivity index is 1.68. The number of hydrogen-bond acceptors (Lipinski definition) is 4. The van der Waals surface area contributed by atoms with Crippen molar-refractivity contribution in [2.45, 2.75) is 44.9 Å². The van der Waals surface area contributed by atoms with Crippen molar-refractivity contribution < 1.29 is 4.79 Å². The van der Waals surface area contributed by atoms with Crippen LogP contribution in [0.5, 0.6) is 0 Å². The molecular weight excluding hydrogens is 258 g/mol. The molecule has 0 spiro atoms. The van der Waals surface area contributed by atoms with E-state index in [1.807, 2.05) is 0 Å². The highest BCUT2D eigenvalue weighted by molar-refractivity contribution is 7.13. The lowest BCUT2D eigenvalue weighted by molar-refractivity contribution is -0.126. The largest absolute Gasteiger partial charge is 0.316 e. The monoisotopic (exact) mass is 279 g/mol. The molecule has 2 aliphatic rings. The number of nitrogens with zero attached hydrogens (tertiary/aromatic N) is 1. The maximum absolute atomic E-state index is 12.5. The van der Waals surface area contributed by atoms with Gasteiger partial charge in [0.25, 0.3) is 0 Å². The molecule has 19 heavy (non-hydrogen) atoms. The van der Waals surface area contributed by atoms with E-state index >= 15 is 0 Å². The Morgan fingerprint density at radius 2 is 2.47 bits per heavy atom. The normalized spacial score (nSPS) is 27.2. The van der Waals surface area contributed by atoms with Crippen molar-refractivity contribution in [1.29, 1.82) is 0 Å². The minimum Gasteiger partial charge on any atom is -0.316 e. The maximum Gasteiger partial charge on any atom is 0.233 e. The molecular formula is C14H21N3OS. The summed E-state index contributed by atoms with van der Waals surface area (Å²) in [5.74, 6) is 0.789. The van der Waals surface area contributed by atoms with Gasteiger partial charge in [0.15, 0.2) is 5.13 Å². The lowest BCUT2D eigenvalue weighted by Crippen LogP contribution is -2.47. The minimum absolute atomic E-state index is 0.138. The molecule has 5 heteroatoms. The molecule has 0 bridgehead atoms. The SMILES string of the molecule is CCC1(C(=O)Nc2nc(C3CC3)cs2)CCCNC1. The summed E-state index contributed by atoms with van der Waals surface area (Å²) in [6.07, 6.45) is 5.43. The number of anilines is 1. The van der Waals surface area contributed by atoms with E-state index in [0.29, 0.717) is 5.92 Å². The molecule has 3 rings (SSSR count). The third kappa shape index (κ3) is 2.67. The van der Waals surface area contributed by atoms with Crippen LogP contribution in [0.3, 0.4) is 0 Å². The number of carbonyl (C=O) groups excluding carboxylic acids is 1. The first kappa shape index (κ1) is 13.1. The Hall–Kier alpha value is -0.940. The Morgan fingerprint density at radius 3 is 3.11 bits per heavy atom. The Morgan fingerprint density at radius 1 is 1.63 bits per heavy atom. The molecule has 2 heterocycles. The van der Waals surface area contributed by atoms with Crippen molar-refractivity contribution in [3.8, 4) is 0 Å². The van der Waals surface area contributed by atoms with E-state index in [1.165, 1.54) is 12.8 Å². The zero-order valence-corrected chi connectivity index (χ0v) is 12.2. The molecule has 104 valence electrons. The molecule has 1 aromatic heterocycles. The van der Waals surface area contributed by atoms with Gasteiger partial charge in [-0.05, 0) is 38.6 Å². The van der Waals surface area contributed by atoms with Gasteiger partial charge in [0.2, 0.25) is 5.91 Å². The van der Waals surface area contributed by atoms with Crippen molar-refractivity contribution in [2.75, 3.05) is 18.4 Å². The van der Waals surface area contributed by atoms with E-state index in [-0.39, 0.29) is 11.3 Å². The third-order valence-electron chi connectivity index (χ3n) is 4.37. The van der Waals surface area contributed by atoms with Crippen LogP contribution in [0.2, 0.25) is 0 Å². The molecule has 1 unspecified atom stereocenters. The molecule has 1 aliphatic carbocycles. The van der Waals surface area contributed by atoms with E-state index in [4.69, 9.17) is 0 Å². The van der Waals surface area contributed by atoms with Gasteiger partial charge < -0.3 is 10.6 Å². The summed E-state index contributed by atoms with van der Waals surface area (Å²) in [7, 11) is 0. The second kappa shape index (κ2) is 5.21. The fourth-order valence-corrected chi connectivity index (χ4v) is 3.55. The molecule has 0 radical (unpaired) electrons. The van der Waals surface area contributed by atoms with Crippen molar-refractivity contribution in [1.82, 2.24) is 10.3 Å². The van der Waals surface area contributed by atoms with Gasteiger partial charge in [-0.2, -0.15) is 0 Å². The Kier molecular flexibility index (Phi) is 3.58. The van der Waals surface area contributed by atoms with Gasteiger partial charge >= 0.3 is 0 Å². The van der Waals surface area contributed by atoms with E-state index < -0.39 is 0 Å². The number of hydrogen-bond donors (Lipinski definition) is 2. The maximum atomic E-state index is 12.5. The summed E-state index contributed by atoms with van der Waals surface area (Å²) in [5.41, 5.74) is 0.913. The molecule has 1 aliphatic heterocycles. The average Bonchev–Trinajstić information content (AvgIpc) is 3.20. The number of amides is 1. The van der Waals surface area contributed by atoms with Crippen LogP contribution in [-0.2, 0) is 4.79 Å². The fraction of sp³-hybridized carbons (Fsp3) is 0.714. The number of rotatable bonds is 4. The predicted molar refractivity (Wildman–Crippen MR) is 77.5 cm³/mol. The highest BCUT2D eigenvalue weighted by atomic mass is 32.1. The molecule has 1 atom stereocenters. The van der Waals surface area contributed by atoms with Gasteiger partial charge in [-0.15, -0.1) is 11.3 Å². The number of aromatic nitrogens is 1. The summed E-state index contributed by atoms with van der Waals surface area (Å²) in [6, 6.07) is 0. The average molecular weight is 279 g/mol. The number of thiazole rings is 1. The molecule has 1 aromatic rings. The summed E-state index contributed by atoms with van der Waals surface area (Å²) < 4.78 is 0. The molecule has 0 aromatic carbocycles. The van der Waals surface area contributed by atoms with Crippen LogP contribution in [0.25, 0.3) is 0 Å². The number of piperidine rings is 1. The van der Waals surface area contributed by atoms with E-state index in [9.17, 15) is 4.79 Å². The lowest BCUT2D eigenvalue weighted by Gasteiger charge is -2.35. The summed E-state index contributed by atoms with van der Waals surface area (Å²) in [6.45, 7) is 3.92. The molecule has 2 N–H and O–H groups in total. The first-order chi connectivity index (χ1) is 9.23. The first-order valence-electron chi connectivity index (χ1n) is 7.21. The van der Waals surface area contributed by atoms with Crippen LogP contribution in [0, 0.1) is 5.41 Å². The Labute approximate surface area is 118 Å². The second-order valence-electron chi connectivity index (χ2n) is 5.72. The molecule has 1 saturated carbocycles. The lowest BCUT2D eigenvalue weighted by atomic mass is 9.77. The van der Waals surface area contributed by atoms with Gasteiger partial charge in [-0.1, -0.05) is 6.92 Å². The summed E-state index contributed by atoms with van der Waals surface area (Å²) >= 11 is 1.56. The zero-order valence-electron chi connectivity index (χ0n) is 11.4. The highest BCUT2D eigenvalue weighted by Crippen LogP contribution is 2.41. The van der Waals surface area contributed by atoms with Gasteiger partial charge in [0.05, 0.1) is 11.1 Å². The van der Waals surface area contributed by atoms with Crippen molar-refractivity contribution in [3.63, 3.8) is 0 Å². The van der Waals surface area contributed by atoms with Gasteiger partial charge in [-0.3, -0.25) is 4.79 Å². The van der Waals surface area contributed by atoms with Crippen LogP contribution < -0.4 is 10.6 Å². The van der Waals surface area contributed by atoms with Gasteiger partial charge in [0.1, 0.15) is 0 Å². The second-order valence-corrected chi connectivity index (χ2v) is 6.58. The van der Waals surface area contributed by atoms with Crippen LogP contribution in [-0.4, -0.2) is 24.0 Å². The van der Waals surface area contributed by atoms with Crippen molar-refractivity contribution in [3.05, 3.63) is 11.1 Å². The first-order valence-corrected chi connectivity index (χ1v) is 8.09. The van der Waals surface area contributed by atoms with Crippen LogP contribution in [0.1, 0.15) is 50.6 Å². The van der Waals surface area contributed by atoms with E-state index in [0.717, 1.165) is 43.2 Å². The molecule has 4 nitrogen and oxygen atoms in total. The van der Waals surface area contributed by atoms with Crippen LogP contribution in [0.15, 0.2) is 5.38 Å². The van der Waals surface area contributed by atoms with Crippen LogP contribution in [0.4, 0.5) is 5.13 Å². The Bertz CT molecular complexity index is 461. The number of carbonyl (C=O) groups is 1. The van der Waals surface area contributed by atoms with Gasteiger partial charge in [0, 0.05) is 17.8 Å². The minimum atomic E-state index is -0.246. The van der Waals surface area contributed by atoms with Crippen LogP contribution >= 0.6 is 11.3 Å². The smallest absolute Gasteiger partial charge is 0.233 e. The van der Waals surface area contributed by atoms with Gasteiger partial charge in [-0.25, -0.2) is 4.98 Å². The molecule has 1 saturated heterocycles. The molecule has 1 amide bonds. The van der Waals surface area contributed by atoms with E-state index in [1.54, 1.807) is 11.3 Å². The molecule has 2 fully saturated rings. The highest BCUT2D eigenvalue weighted by Gasteiger charge is 2.38. The standard InChI is InChI=1S/C14H21N3OS/c1-2-14(6-3-7-15-9-14)12(18)17-13-16-11(8-19-13)10-4-5-10/h8,10,15H,2-7,9H2,1H3,(H,16,17,18). The predicted octanol–water partition coefficient (Wildman–Crippen LogP) is 2.74.